The van der Waals surface area contributed by atoms with E-state index in [4.69, 9.17) is 14.0 Å². The standard InChI is InChI=1S/C11H14NO4.C5H5.2CO.Fe/c1-8(16-2)6-11(13)9-4-3-5-10(7-9)12(14)15;1-2-4-5-3-1;2*1-2;/h3-5,7-8,11,13H,1,6H2,2H3;1-5H;;;/q-1;;;;+2. The van der Waals surface area contributed by atoms with Crippen molar-refractivity contribution in [2.75, 3.05) is 7.11 Å². The molecular formula is C18H19FeNO6+. The predicted molar refractivity (Wildman–Crippen MR) is 88.2 cm³/mol. The van der Waals surface area contributed by atoms with Crippen molar-refractivity contribution in [3.05, 3.63) is 92.3 Å². The van der Waals surface area contributed by atoms with Crippen LogP contribution in [-0.2, 0) is 31.1 Å². The molecule has 0 aromatic heterocycles. The van der Waals surface area contributed by atoms with Gasteiger partial charge in [-0.2, -0.15) is 0 Å². The Balaban J connectivity index is -0.000000442. The Labute approximate surface area is 165 Å². The molecule has 139 valence electrons. The normalized spacial score (nSPS) is 13.7. The molecule has 0 saturated heterocycles. The number of aliphatic hydroxyl groups excluding tert-OH is 1. The van der Waals surface area contributed by atoms with Crippen LogP contribution in [0.5, 0.6) is 0 Å². The second-order valence-corrected chi connectivity index (χ2v) is 4.42. The summed E-state index contributed by atoms with van der Waals surface area (Å²) in [6.45, 7) is 12.7. The van der Waals surface area contributed by atoms with Crippen LogP contribution in [-0.4, -0.2) is 23.2 Å². The zero-order valence-electron chi connectivity index (χ0n) is 14.1. The Kier molecular flexibility index (Phi) is 22.4. The smallest absolute Gasteiger partial charge is 0.413 e. The number of rotatable bonds is 5. The molecule has 2 atom stereocenters. The zero-order chi connectivity index (χ0) is 19.7. The molecule has 0 amide bonds. The number of hydrogen-bond acceptors (Lipinski definition) is 4. The van der Waals surface area contributed by atoms with Crippen molar-refractivity contribution in [2.24, 2.45) is 0 Å². The van der Waals surface area contributed by atoms with Gasteiger partial charge in [0.05, 0.1) is 11.0 Å². The maximum Gasteiger partial charge on any atom is 2.00 e. The minimum atomic E-state index is -0.803. The van der Waals surface area contributed by atoms with E-state index in [9.17, 15) is 15.2 Å². The average molecular weight is 401 g/mol. The molecule has 1 aliphatic carbocycles. The third-order valence-electron chi connectivity index (χ3n) is 2.84. The second-order valence-electron chi connectivity index (χ2n) is 4.42. The fourth-order valence-corrected chi connectivity index (χ4v) is 1.65. The number of hydrogen-bond donors (Lipinski definition) is 1. The monoisotopic (exact) mass is 401 g/mol. The van der Waals surface area contributed by atoms with Crippen LogP contribution < -0.4 is 0 Å². The van der Waals surface area contributed by atoms with Gasteiger partial charge in [-0.15, -0.1) is 0 Å². The molecule has 1 aromatic carbocycles. The summed E-state index contributed by atoms with van der Waals surface area (Å²) in [6, 6.07) is 5.92. The molecule has 8 heteroatoms. The molecule has 2 unspecified atom stereocenters. The van der Waals surface area contributed by atoms with E-state index in [1.165, 1.54) is 19.2 Å². The average Bonchev–Trinajstić information content (AvgIpc) is 3.25. The van der Waals surface area contributed by atoms with Crippen LogP contribution in [0.4, 0.5) is 5.69 Å². The van der Waals surface area contributed by atoms with Crippen molar-refractivity contribution in [3.63, 3.8) is 0 Å². The van der Waals surface area contributed by atoms with Crippen molar-refractivity contribution in [1.29, 1.82) is 0 Å². The quantitative estimate of drug-likeness (QED) is 0.269. The predicted octanol–water partition coefficient (Wildman–Crippen LogP) is 2.81. The van der Waals surface area contributed by atoms with Crippen molar-refractivity contribution in [2.45, 2.75) is 18.6 Å². The van der Waals surface area contributed by atoms with Gasteiger partial charge in [-0.3, -0.25) is 10.1 Å². The minimum Gasteiger partial charge on any atom is -0.413 e. The van der Waals surface area contributed by atoms with Crippen LogP contribution in [0.3, 0.4) is 0 Å². The van der Waals surface area contributed by atoms with E-state index in [0.29, 0.717) is 12.0 Å². The third kappa shape index (κ3) is 13.8. The van der Waals surface area contributed by atoms with Gasteiger partial charge in [0, 0.05) is 19.2 Å². The summed E-state index contributed by atoms with van der Waals surface area (Å²) in [6.07, 6.45) is 9.16. The number of benzene rings is 1. The Morgan fingerprint density at radius 3 is 2.04 bits per heavy atom. The van der Waals surface area contributed by atoms with Gasteiger partial charge in [-0.05, 0) is 44.1 Å². The van der Waals surface area contributed by atoms with Crippen LogP contribution in [0.2, 0.25) is 0 Å². The van der Waals surface area contributed by atoms with E-state index >= 15 is 0 Å². The Morgan fingerprint density at radius 1 is 1.19 bits per heavy atom. The van der Waals surface area contributed by atoms with Crippen molar-refractivity contribution < 1.29 is 41.1 Å². The Morgan fingerprint density at radius 2 is 1.65 bits per heavy atom. The number of ether oxygens (including phenoxy) is 1. The molecule has 1 aromatic rings. The summed E-state index contributed by atoms with van der Waals surface area (Å²) < 4.78 is 19.9. The molecular weight excluding hydrogens is 382 g/mol. The van der Waals surface area contributed by atoms with Gasteiger partial charge in [0.15, 0.2) is 0 Å². The molecule has 5 radical (unpaired) electrons. The summed E-state index contributed by atoms with van der Waals surface area (Å²) in [7, 11) is 1.50. The minimum absolute atomic E-state index is 0. The summed E-state index contributed by atoms with van der Waals surface area (Å²) in [4.78, 5) is 10.0. The van der Waals surface area contributed by atoms with Crippen LogP contribution >= 0.6 is 0 Å². The molecule has 1 fully saturated rings. The first-order chi connectivity index (χ1) is 12.0. The molecule has 1 saturated carbocycles. The molecule has 7 nitrogen and oxygen atoms in total. The Hall–Kier alpha value is -1.46. The molecule has 26 heavy (non-hydrogen) atoms. The molecule has 0 spiro atoms. The topological polar surface area (TPSA) is 112 Å². The maximum absolute atomic E-state index is 10.5. The van der Waals surface area contributed by atoms with Gasteiger partial charge >= 0.3 is 39.7 Å². The van der Waals surface area contributed by atoms with Gasteiger partial charge < -0.3 is 16.8 Å². The molecule has 0 heterocycles. The fraction of sp³-hybridized carbons (Fsp3) is 0.222. The number of non-ortho nitro benzene ring substituents is 1. The van der Waals surface area contributed by atoms with E-state index < -0.39 is 11.0 Å². The van der Waals surface area contributed by atoms with E-state index in [1.54, 1.807) is 12.1 Å². The first-order valence-electron chi connectivity index (χ1n) is 6.90. The largest absolute Gasteiger partial charge is 2.00 e. The van der Waals surface area contributed by atoms with Crippen molar-refractivity contribution in [1.82, 2.24) is 0 Å². The van der Waals surface area contributed by atoms with Crippen LogP contribution in [0.25, 0.3) is 0 Å². The maximum atomic E-state index is 10.5. The van der Waals surface area contributed by atoms with E-state index in [-0.39, 0.29) is 28.9 Å². The number of methoxy groups -OCH3 is 1. The Bertz CT molecular complexity index is 503. The third-order valence-corrected chi connectivity index (χ3v) is 2.84. The summed E-state index contributed by atoms with van der Waals surface area (Å²) >= 11 is 0. The number of aliphatic hydroxyl groups is 1. The number of nitro benzene ring substituents is 1. The number of nitrogens with zero attached hydrogens (tertiary/aromatic N) is 1. The molecule has 1 aliphatic rings. The zero-order valence-corrected chi connectivity index (χ0v) is 15.2. The SMILES string of the molecule is [C-]#[O+].[C-]#[O+].[CH2-]C(CC(O)c1cccc([N+](=O)[O-])c1)OC.[CH]1[CH][CH][CH][CH]1.[Fe+2]. The van der Waals surface area contributed by atoms with Crippen molar-refractivity contribution in [3.8, 4) is 0 Å². The van der Waals surface area contributed by atoms with Gasteiger partial charge in [-0.25, -0.2) is 0 Å². The van der Waals surface area contributed by atoms with E-state index in [0.717, 1.165) is 0 Å². The summed E-state index contributed by atoms with van der Waals surface area (Å²) in [5.74, 6) is 0. The van der Waals surface area contributed by atoms with Gasteiger partial charge in [0.2, 0.25) is 0 Å². The van der Waals surface area contributed by atoms with E-state index in [2.05, 4.69) is 20.2 Å². The summed E-state index contributed by atoms with van der Waals surface area (Å²) in [5.41, 5.74) is 0.467. The summed E-state index contributed by atoms with van der Waals surface area (Å²) in [5, 5.41) is 20.3. The van der Waals surface area contributed by atoms with Crippen LogP contribution in [0.15, 0.2) is 24.3 Å². The molecule has 0 aliphatic heterocycles. The number of nitro groups is 1. The molecule has 2 rings (SSSR count). The molecule has 1 N–H and O–H groups in total. The first kappa shape index (κ1) is 29.3. The van der Waals surface area contributed by atoms with Crippen LogP contribution in [0, 0.1) is 62.4 Å². The van der Waals surface area contributed by atoms with Crippen molar-refractivity contribution >= 4 is 5.69 Å². The van der Waals surface area contributed by atoms with E-state index in [1.807, 2.05) is 32.1 Å². The van der Waals surface area contributed by atoms with Gasteiger partial charge in [0.25, 0.3) is 5.69 Å². The first-order valence-corrected chi connectivity index (χ1v) is 6.90. The second kappa shape index (κ2) is 19.9. The molecule has 0 bridgehead atoms. The van der Waals surface area contributed by atoms with Crippen LogP contribution in [0.1, 0.15) is 18.1 Å². The van der Waals surface area contributed by atoms with Gasteiger partial charge in [-0.1, -0.05) is 18.2 Å². The fourth-order valence-electron chi connectivity index (χ4n) is 1.65. The van der Waals surface area contributed by atoms with Gasteiger partial charge in [0.1, 0.15) is 0 Å².